The average molecular weight is 401 g/mol. The third-order valence-electron chi connectivity index (χ3n) is 4.93. The number of amides is 2. The summed E-state index contributed by atoms with van der Waals surface area (Å²) in [7, 11) is 0. The number of benzene rings is 2. The molecule has 0 spiro atoms. The molecule has 0 aliphatic carbocycles. The van der Waals surface area contributed by atoms with Crippen LogP contribution in [0.5, 0.6) is 5.75 Å². The minimum Gasteiger partial charge on any atom is -0.483 e. The third kappa shape index (κ3) is 5.04. The van der Waals surface area contributed by atoms with E-state index in [1.165, 1.54) is 0 Å². The van der Waals surface area contributed by atoms with Crippen molar-refractivity contribution in [1.29, 1.82) is 0 Å². The molecule has 2 amide bonds. The van der Waals surface area contributed by atoms with Gasteiger partial charge in [0.2, 0.25) is 0 Å². The topological polar surface area (TPSA) is 49.9 Å². The van der Waals surface area contributed by atoms with Crippen molar-refractivity contribution in [3.8, 4) is 5.75 Å². The van der Waals surface area contributed by atoms with Crippen LogP contribution in [0, 0.1) is 0 Å². The second kappa shape index (κ2) is 9.60. The van der Waals surface area contributed by atoms with Gasteiger partial charge in [-0.2, -0.15) is 0 Å². The smallest absolute Gasteiger partial charge is 0.260 e. The van der Waals surface area contributed by atoms with Gasteiger partial charge in [0.15, 0.2) is 6.61 Å². The van der Waals surface area contributed by atoms with Crippen molar-refractivity contribution in [3.63, 3.8) is 0 Å². The molecule has 1 aliphatic rings. The summed E-state index contributed by atoms with van der Waals surface area (Å²) in [5.41, 5.74) is 1.70. The second-order valence-electron chi connectivity index (χ2n) is 6.78. The maximum Gasteiger partial charge on any atom is 0.260 e. The fourth-order valence-electron chi connectivity index (χ4n) is 3.31. The molecule has 2 aromatic rings. The lowest BCUT2D eigenvalue weighted by atomic mass is 10.1. The van der Waals surface area contributed by atoms with E-state index in [1.54, 1.807) is 34.1 Å². The molecule has 0 radical (unpaired) electrons. The zero-order chi connectivity index (χ0) is 19.9. The van der Waals surface area contributed by atoms with Gasteiger partial charge < -0.3 is 14.5 Å². The molecule has 148 valence electrons. The summed E-state index contributed by atoms with van der Waals surface area (Å²) in [6.07, 6.45) is 1.60. The van der Waals surface area contributed by atoms with E-state index >= 15 is 0 Å². The van der Waals surface area contributed by atoms with Crippen molar-refractivity contribution in [2.45, 2.75) is 19.8 Å². The lowest BCUT2D eigenvalue weighted by Crippen LogP contribution is -2.39. The number of aryl methyl sites for hydroxylation is 1. The van der Waals surface area contributed by atoms with E-state index in [0.717, 1.165) is 24.2 Å². The largest absolute Gasteiger partial charge is 0.483 e. The second-order valence-corrected chi connectivity index (χ2v) is 7.22. The zero-order valence-electron chi connectivity index (χ0n) is 16.1. The van der Waals surface area contributed by atoms with Crippen molar-refractivity contribution in [3.05, 3.63) is 64.7 Å². The Bertz CT molecular complexity index is 823. The van der Waals surface area contributed by atoms with Crippen LogP contribution in [0.4, 0.5) is 0 Å². The van der Waals surface area contributed by atoms with E-state index in [1.807, 2.05) is 24.3 Å². The minimum absolute atomic E-state index is 0.0160. The Kier molecular flexibility index (Phi) is 6.93. The first-order valence-electron chi connectivity index (χ1n) is 9.62. The van der Waals surface area contributed by atoms with Crippen LogP contribution in [0.2, 0.25) is 5.02 Å². The van der Waals surface area contributed by atoms with Crippen LogP contribution >= 0.6 is 11.6 Å². The molecule has 28 heavy (non-hydrogen) atoms. The average Bonchev–Trinajstić information content (AvgIpc) is 2.98. The van der Waals surface area contributed by atoms with Crippen LogP contribution in [-0.4, -0.2) is 54.4 Å². The lowest BCUT2D eigenvalue weighted by molar-refractivity contribution is -0.133. The molecule has 2 aromatic carbocycles. The molecule has 0 unspecified atom stereocenters. The standard InChI is InChI=1S/C22H25ClN2O3/c1-2-17-6-3-4-7-20(17)28-16-21(26)24-12-5-13-25(15-14-24)22(27)18-8-10-19(23)11-9-18/h3-4,6-11H,2,5,12-16H2,1H3. The number of rotatable bonds is 5. The van der Waals surface area contributed by atoms with Crippen LogP contribution in [0.3, 0.4) is 0 Å². The van der Waals surface area contributed by atoms with Crippen molar-refractivity contribution in [1.82, 2.24) is 9.80 Å². The highest BCUT2D eigenvalue weighted by atomic mass is 35.5. The zero-order valence-corrected chi connectivity index (χ0v) is 16.8. The summed E-state index contributed by atoms with van der Waals surface area (Å²) in [6.45, 7) is 4.36. The van der Waals surface area contributed by atoms with Gasteiger partial charge >= 0.3 is 0 Å². The molecule has 0 N–H and O–H groups in total. The first-order valence-corrected chi connectivity index (χ1v) is 9.99. The summed E-state index contributed by atoms with van der Waals surface area (Å²) < 4.78 is 5.75. The van der Waals surface area contributed by atoms with Crippen LogP contribution in [0.1, 0.15) is 29.3 Å². The molecule has 0 aromatic heterocycles. The summed E-state index contributed by atoms with van der Waals surface area (Å²) in [6, 6.07) is 14.7. The lowest BCUT2D eigenvalue weighted by Gasteiger charge is -2.22. The monoisotopic (exact) mass is 400 g/mol. The minimum atomic E-state index is -0.0494. The molecule has 3 rings (SSSR count). The van der Waals surface area contributed by atoms with Gasteiger partial charge in [-0.15, -0.1) is 0 Å². The number of carbonyl (C=O) groups excluding carboxylic acids is 2. The Morgan fingerprint density at radius 2 is 1.64 bits per heavy atom. The highest BCUT2D eigenvalue weighted by Crippen LogP contribution is 2.18. The van der Waals surface area contributed by atoms with E-state index in [2.05, 4.69) is 6.92 Å². The Balaban J connectivity index is 1.55. The van der Waals surface area contributed by atoms with Crippen molar-refractivity contribution in [2.75, 3.05) is 32.8 Å². The number of hydrogen-bond donors (Lipinski definition) is 0. The Morgan fingerprint density at radius 3 is 2.39 bits per heavy atom. The van der Waals surface area contributed by atoms with Gasteiger partial charge in [0.1, 0.15) is 5.75 Å². The van der Waals surface area contributed by atoms with Crippen LogP contribution in [0.25, 0.3) is 0 Å². The Hall–Kier alpha value is -2.53. The highest BCUT2D eigenvalue weighted by Gasteiger charge is 2.23. The predicted octanol–water partition coefficient (Wildman–Crippen LogP) is 3.66. The molecule has 1 aliphatic heterocycles. The molecular weight excluding hydrogens is 376 g/mol. The SMILES string of the molecule is CCc1ccccc1OCC(=O)N1CCCN(C(=O)c2ccc(Cl)cc2)CC1. The molecule has 1 saturated heterocycles. The predicted molar refractivity (Wildman–Crippen MR) is 110 cm³/mol. The number of halogens is 1. The summed E-state index contributed by atoms with van der Waals surface area (Å²) in [4.78, 5) is 28.8. The molecule has 6 heteroatoms. The first-order chi connectivity index (χ1) is 13.6. The fourth-order valence-corrected chi connectivity index (χ4v) is 3.44. The molecule has 1 heterocycles. The van der Waals surface area contributed by atoms with E-state index in [9.17, 15) is 9.59 Å². The molecule has 0 bridgehead atoms. The normalized spacial score (nSPS) is 14.5. The molecule has 0 saturated carbocycles. The Labute approximate surface area is 170 Å². The van der Waals surface area contributed by atoms with Crippen molar-refractivity contribution in [2.24, 2.45) is 0 Å². The number of ether oxygens (including phenoxy) is 1. The quantitative estimate of drug-likeness (QED) is 0.769. The first kappa shape index (κ1) is 20.2. The summed E-state index contributed by atoms with van der Waals surface area (Å²) in [5, 5.41) is 0.605. The fraction of sp³-hybridized carbons (Fsp3) is 0.364. The van der Waals surface area contributed by atoms with Crippen LogP contribution in [-0.2, 0) is 11.2 Å². The highest BCUT2D eigenvalue weighted by molar-refractivity contribution is 6.30. The maximum atomic E-state index is 12.7. The number of para-hydroxylation sites is 1. The van der Waals surface area contributed by atoms with Crippen molar-refractivity contribution >= 4 is 23.4 Å². The maximum absolute atomic E-state index is 12.7. The van der Waals surface area contributed by atoms with Crippen molar-refractivity contribution < 1.29 is 14.3 Å². The molecule has 0 atom stereocenters. The van der Waals surface area contributed by atoms with Gasteiger partial charge in [0.05, 0.1) is 0 Å². The van der Waals surface area contributed by atoms with Gasteiger partial charge in [0.25, 0.3) is 11.8 Å². The summed E-state index contributed by atoms with van der Waals surface area (Å²) >= 11 is 5.89. The van der Waals surface area contributed by atoms with E-state index in [0.29, 0.717) is 36.8 Å². The molecule has 5 nitrogen and oxygen atoms in total. The number of hydrogen-bond acceptors (Lipinski definition) is 3. The van der Waals surface area contributed by atoms with E-state index in [-0.39, 0.29) is 18.4 Å². The molecule has 1 fully saturated rings. The van der Waals surface area contributed by atoms with Gasteiger partial charge in [0, 0.05) is 36.8 Å². The Morgan fingerprint density at radius 1 is 0.964 bits per heavy atom. The van der Waals surface area contributed by atoms with Crippen LogP contribution < -0.4 is 4.74 Å². The number of carbonyl (C=O) groups is 2. The summed E-state index contributed by atoms with van der Waals surface area (Å²) in [5.74, 6) is 0.679. The van der Waals surface area contributed by atoms with Gasteiger partial charge in [-0.05, 0) is 48.7 Å². The number of nitrogens with zero attached hydrogens (tertiary/aromatic N) is 2. The van der Waals surface area contributed by atoms with Gasteiger partial charge in [-0.1, -0.05) is 36.7 Å². The van der Waals surface area contributed by atoms with E-state index < -0.39 is 0 Å². The molecular formula is C22H25ClN2O3. The van der Waals surface area contributed by atoms with Gasteiger partial charge in [-0.25, -0.2) is 0 Å². The van der Waals surface area contributed by atoms with Crippen LogP contribution in [0.15, 0.2) is 48.5 Å². The van der Waals surface area contributed by atoms with Gasteiger partial charge in [-0.3, -0.25) is 9.59 Å². The van der Waals surface area contributed by atoms with E-state index in [4.69, 9.17) is 16.3 Å². The third-order valence-corrected chi connectivity index (χ3v) is 5.18.